The predicted molar refractivity (Wildman–Crippen MR) is 134 cm³/mol. The van der Waals surface area contributed by atoms with Crippen molar-refractivity contribution in [2.75, 3.05) is 46.9 Å². The summed E-state index contributed by atoms with van der Waals surface area (Å²) in [6.07, 6.45) is 0.884. The molecule has 0 spiro atoms. The number of benzene rings is 1. The summed E-state index contributed by atoms with van der Waals surface area (Å²) in [5, 5.41) is 5.73. The molecule has 1 aromatic carbocycles. The molecule has 36 heavy (non-hydrogen) atoms. The number of nitrogens with zero attached hydrogens (tertiary/aromatic N) is 2. The number of methoxy groups -OCH3 is 1. The molecule has 0 unspecified atom stereocenters. The molecule has 2 N–H and O–H groups in total. The summed E-state index contributed by atoms with van der Waals surface area (Å²) in [4.78, 5) is 55.4. The number of hydrogen-bond acceptors (Lipinski definition) is 8. The predicted octanol–water partition coefficient (Wildman–Crippen LogP) is 1.96. The van der Waals surface area contributed by atoms with E-state index < -0.39 is 11.7 Å². The van der Waals surface area contributed by atoms with Crippen LogP contribution in [0.2, 0.25) is 0 Å². The molecule has 0 aromatic heterocycles. The molecule has 1 aromatic rings. The summed E-state index contributed by atoms with van der Waals surface area (Å²) in [6, 6.07) is 6.58. The van der Waals surface area contributed by atoms with Crippen molar-refractivity contribution >= 4 is 23.6 Å². The zero-order valence-corrected chi connectivity index (χ0v) is 21.7. The normalized spacial score (nSPS) is 17.0. The van der Waals surface area contributed by atoms with E-state index in [1.165, 1.54) is 12.0 Å². The van der Waals surface area contributed by atoms with Crippen molar-refractivity contribution in [2.24, 2.45) is 0 Å². The number of ketones is 2. The highest BCUT2D eigenvalue weighted by Gasteiger charge is 2.37. The number of carbonyl (C=O) groups is 4. The number of allylic oxidation sites excluding steroid dienone is 2. The van der Waals surface area contributed by atoms with Gasteiger partial charge in [0.05, 0.1) is 13.2 Å². The third-order valence-corrected chi connectivity index (χ3v) is 6.10. The van der Waals surface area contributed by atoms with Crippen LogP contribution in [-0.2, 0) is 14.3 Å². The first-order chi connectivity index (χ1) is 17.1. The Labute approximate surface area is 212 Å². The second-order valence-electron chi connectivity index (χ2n) is 9.91. The van der Waals surface area contributed by atoms with Gasteiger partial charge in [-0.3, -0.25) is 19.3 Å². The largest absolute Gasteiger partial charge is 0.444 e. The highest BCUT2D eigenvalue weighted by molar-refractivity contribution is 6.27. The Morgan fingerprint density at radius 1 is 1.08 bits per heavy atom. The molecule has 10 heteroatoms. The van der Waals surface area contributed by atoms with E-state index in [1.807, 2.05) is 25.7 Å². The van der Waals surface area contributed by atoms with Gasteiger partial charge in [-0.15, -0.1) is 0 Å². The van der Waals surface area contributed by atoms with Gasteiger partial charge in [-0.2, -0.15) is 0 Å². The minimum Gasteiger partial charge on any atom is -0.444 e. The zero-order chi connectivity index (χ0) is 26.5. The first-order valence-corrected chi connectivity index (χ1v) is 12.2. The minimum atomic E-state index is -0.567. The van der Waals surface area contributed by atoms with Crippen LogP contribution in [0.4, 0.5) is 4.79 Å². The van der Waals surface area contributed by atoms with Crippen LogP contribution in [-0.4, -0.2) is 92.0 Å². The number of carbonyl (C=O) groups excluding carboxylic acids is 4. The fraction of sp³-hybridized carbons (Fsp3) is 0.538. The van der Waals surface area contributed by atoms with Gasteiger partial charge in [0.2, 0.25) is 17.5 Å². The molecule has 1 heterocycles. The van der Waals surface area contributed by atoms with Gasteiger partial charge in [-0.05, 0) is 33.6 Å². The molecule has 0 bridgehead atoms. The van der Waals surface area contributed by atoms with Crippen molar-refractivity contribution in [3.05, 3.63) is 46.8 Å². The molecule has 0 saturated carbocycles. The van der Waals surface area contributed by atoms with Crippen molar-refractivity contribution in [3.8, 4) is 0 Å². The molecule has 3 rings (SSSR count). The van der Waals surface area contributed by atoms with Crippen molar-refractivity contribution in [2.45, 2.75) is 45.3 Å². The third-order valence-electron chi connectivity index (χ3n) is 6.10. The molecular formula is C26H36N4O6. The van der Waals surface area contributed by atoms with Crippen molar-refractivity contribution < 1.29 is 28.7 Å². The lowest BCUT2D eigenvalue weighted by Gasteiger charge is -2.35. The van der Waals surface area contributed by atoms with Crippen LogP contribution >= 0.6 is 0 Å². The van der Waals surface area contributed by atoms with Crippen molar-refractivity contribution in [3.63, 3.8) is 0 Å². The number of fused-ring (bicyclic) bond motifs is 1. The van der Waals surface area contributed by atoms with E-state index in [0.29, 0.717) is 31.5 Å². The van der Waals surface area contributed by atoms with Crippen LogP contribution in [0.1, 0.15) is 54.3 Å². The smallest absolute Gasteiger partial charge is 0.407 e. The highest BCUT2D eigenvalue weighted by Crippen LogP contribution is 2.27. The topological polar surface area (TPSA) is 117 Å². The molecule has 1 saturated heterocycles. The van der Waals surface area contributed by atoms with Gasteiger partial charge in [0.15, 0.2) is 0 Å². The highest BCUT2D eigenvalue weighted by atomic mass is 16.6. The average molecular weight is 501 g/mol. The summed E-state index contributed by atoms with van der Waals surface area (Å²) in [5.74, 6) is -1.000. The molecule has 1 aliphatic heterocycles. The number of ether oxygens (including phenoxy) is 2. The van der Waals surface area contributed by atoms with E-state index in [4.69, 9.17) is 9.47 Å². The maximum atomic E-state index is 13.5. The van der Waals surface area contributed by atoms with Crippen LogP contribution in [0, 0.1) is 0 Å². The Kier molecular flexibility index (Phi) is 8.86. The molecule has 0 atom stereocenters. The number of likely N-dealkylation sites (tertiary alicyclic amines) is 1. The van der Waals surface area contributed by atoms with Gasteiger partial charge in [0.25, 0.3) is 0 Å². The Morgan fingerprint density at radius 3 is 2.25 bits per heavy atom. The minimum absolute atomic E-state index is 0.0385. The molecule has 1 aliphatic carbocycles. The maximum absolute atomic E-state index is 13.5. The Bertz CT molecular complexity index is 1040. The summed E-state index contributed by atoms with van der Waals surface area (Å²) in [6.45, 7) is 7.05. The third kappa shape index (κ3) is 6.50. The molecular weight excluding hydrogens is 464 g/mol. The van der Waals surface area contributed by atoms with Crippen LogP contribution in [0.5, 0.6) is 0 Å². The first kappa shape index (κ1) is 27.3. The molecule has 1 fully saturated rings. The maximum Gasteiger partial charge on any atom is 0.407 e. The molecule has 196 valence electrons. The number of Topliss-reactive ketones (excluding diaryl/α,β-unsaturated/α-hetero) is 2. The van der Waals surface area contributed by atoms with Crippen LogP contribution in [0.15, 0.2) is 35.7 Å². The SMILES string of the molecule is CNC1=C(N(CCOC)C(=O)CN2CCC(NC(=O)OC(C)(C)C)CC2)C(=O)c2ccccc2C1=O. The van der Waals surface area contributed by atoms with E-state index in [-0.39, 0.29) is 60.2 Å². The van der Waals surface area contributed by atoms with Gasteiger partial charge in [-0.25, -0.2) is 4.79 Å². The number of likely N-dealkylation sites (N-methyl/N-ethyl adjacent to an activating group) is 1. The Morgan fingerprint density at radius 2 is 1.69 bits per heavy atom. The second kappa shape index (κ2) is 11.7. The molecule has 2 amide bonds. The van der Waals surface area contributed by atoms with Crippen LogP contribution < -0.4 is 10.6 Å². The van der Waals surface area contributed by atoms with Gasteiger partial charge in [0.1, 0.15) is 17.0 Å². The monoisotopic (exact) mass is 500 g/mol. The van der Waals surface area contributed by atoms with Crippen LogP contribution in [0.25, 0.3) is 0 Å². The van der Waals surface area contributed by atoms with E-state index in [2.05, 4.69) is 10.6 Å². The van der Waals surface area contributed by atoms with E-state index in [0.717, 1.165) is 0 Å². The number of amides is 2. The quantitative estimate of drug-likeness (QED) is 0.556. The lowest BCUT2D eigenvalue weighted by Crippen LogP contribution is -2.50. The lowest BCUT2D eigenvalue weighted by atomic mass is 9.89. The van der Waals surface area contributed by atoms with Crippen molar-refractivity contribution in [1.82, 2.24) is 20.4 Å². The van der Waals surface area contributed by atoms with E-state index in [1.54, 1.807) is 31.3 Å². The number of nitrogens with one attached hydrogen (secondary N) is 2. The van der Waals surface area contributed by atoms with Gasteiger partial charge < -0.3 is 25.0 Å². The van der Waals surface area contributed by atoms with E-state index in [9.17, 15) is 19.2 Å². The summed E-state index contributed by atoms with van der Waals surface area (Å²) in [5.41, 5.74) is 0.172. The van der Waals surface area contributed by atoms with Gasteiger partial charge in [-0.1, -0.05) is 24.3 Å². The summed E-state index contributed by atoms with van der Waals surface area (Å²) >= 11 is 0. The number of alkyl carbamates (subject to hydrolysis) is 1. The molecule has 2 aliphatic rings. The Hall–Kier alpha value is -3.24. The first-order valence-electron chi connectivity index (χ1n) is 12.2. The molecule has 0 radical (unpaired) electrons. The number of hydrogen-bond donors (Lipinski definition) is 2. The van der Waals surface area contributed by atoms with E-state index >= 15 is 0 Å². The van der Waals surface area contributed by atoms with Gasteiger partial charge in [0, 0.05) is 51.0 Å². The fourth-order valence-electron chi connectivity index (χ4n) is 4.38. The summed E-state index contributed by atoms with van der Waals surface area (Å²) in [7, 11) is 3.08. The second-order valence-corrected chi connectivity index (χ2v) is 9.91. The average Bonchev–Trinajstić information content (AvgIpc) is 2.82. The fourth-order valence-corrected chi connectivity index (χ4v) is 4.38. The van der Waals surface area contributed by atoms with Crippen LogP contribution in [0.3, 0.4) is 0 Å². The number of rotatable bonds is 8. The number of piperidine rings is 1. The molecule has 10 nitrogen and oxygen atoms in total. The lowest BCUT2D eigenvalue weighted by molar-refractivity contribution is -0.131. The summed E-state index contributed by atoms with van der Waals surface area (Å²) < 4.78 is 10.5. The van der Waals surface area contributed by atoms with Crippen molar-refractivity contribution in [1.29, 1.82) is 0 Å². The Balaban J connectivity index is 1.71. The zero-order valence-electron chi connectivity index (χ0n) is 21.7. The standard InChI is InChI=1S/C26H36N4O6/c1-26(2,3)36-25(34)28-17-10-12-29(13-11-17)16-20(31)30(14-15-35-5)22-21(27-4)23(32)18-8-6-7-9-19(18)24(22)33/h6-9,17,27H,10-16H2,1-5H3,(H,28,34). The van der Waals surface area contributed by atoms with Gasteiger partial charge >= 0.3 is 6.09 Å².